The first-order chi connectivity index (χ1) is 8.59. The van der Waals surface area contributed by atoms with Crippen LogP contribution in [0.2, 0.25) is 0 Å². The van der Waals surface area contributed by atoms with Crippen LogP contribution < -0.4 is 0 Å². The van der Waals surface area contributed by atoms with E-state index < -0.39 is 12.0 Å². The number of aromatic amines is 1. The van der Waals surface area contributed by atoms with Crippen molar-refractivity contribution < 1.29 is 14.7 Å². The minimum absolute atomic E-state index is 0.279. The Morgan fingerprint density at radius 1 is 1.67 bits per heavy atom. The second-order valence-electron chi connectivity index (χ2n) is 4.26. The van der Waals surface area contributed by atoms with Crippen LogP contribution in [-0.2, 0) is 11.3 Å². The van der Waals surface area contributed by atoms with Crippen LogP contribution in [0.3, 0.4) is 0 Å². The number of carboxylic acid groups (broad SMARTS) is 1. The smallest absolute Gasteiger partial charge is 0.326 e. The SMILES string of the molecule is CN(Cc1ncn[nH]1)C(=O)N1CCCC1C(=O)O. The number of hydrogen-bond acceptors (Lipinski definition) is 4. The van der Waals surface area contributed by atoms with Gasteiger partial charge in [-0.3, -0.25) is 5.10 Å². The van der Waals surface area contributed by atoms with Crippen molar-refractivity contribution in [2.75, 3.05) is 13.6 Å². The first-order valence-electron chi connectivity index (χ1n) is 5.68. The van der Waals surface area contributed by atoms with Crippen LogP contribution in [0.4, 0.5) is 4.79 Å². The Morgan fingerprint density at radius 2 is 2.44 bits per heavy atom. The first-order valence-corrected chi connectivity index (χ1v) is 5.68. The van der Waals surface area contributed by atoms with Crippen LogP contribution in [0, 0.1) is 0 Å². The molecule has 2 amide bonds. The highest BCUT2D eigenvalue weighted by Crippen LogP contribution is 2.19. The topological polar surface area (TPSA) is 102 Å². The maximum Gasteiger partial charge on any atom is 0.326 e. The predicted octanol–water partition coefficient (Wildman–Crippen LogP) is -0.0945. The lowest BCUT2D eigenvalue weighted by atomic mass is 10.2. The molecule has 2 rings (SSSR count). The highest BCUT2D eigenvalue weighted by atomic mass is 16.4. The Labute approximate surface area is 104 Å². The summed E-state index contributed by atoms with van der Waals surface area (Å²) >= 11 is 0. The molecule has 18 heavy (non-hydrogen) atoms. The molecule has 2 heterocycles. The molecule has 1 saturated heterocycles. The van der Waals surface area contributed by atoms with Gasteiger partial charge in [-0.15, -0.1) is 0 Å². The number of carbonyl (C=O) groups excluding carboxylic acids is 1. The van der Waals surface area contributed by atoms with Gasteiger partial charge < -0.3 is 14.9 Å². The maximum atomic E-state index is 12.1. The molecule has 1 aromatic heterocycles. The van der Waals surface area contributed by atoms with E-state index in [0.29, 0.717) is 18.8 Å². The van der Waals surface area contributed by atoms with Crippen molar-refractivity contribution in [2.24, 2.45) is 0 Å². The van der Waals surface area contributed by atoms with Crippen molar-refractivity contribution in [1.82, 2.24) is 25.0 Å². The van der Waals surface area contributed by atoms with Crippen molar-refractivity contribution >= 4 is 12.0 Å². The Morgan fingerprint density at radius 3 is 3.06 bits per heavy atom. The van der Waals surface area contributed by atoms with Gasteiger partial charge in [0.2, 0.25) is 0 Å². The van der Waals surface area contributed by atoms with E-state index in [1.54, 1.807) is 7.05 Å². The van der Waals surface area contributed by atoms with Crippen molar-refractivity contribution in [1.29, 1.82) is 0 Å². The summed E-state index contributed by atoms with van der Waals surface area (Å²) < 4.78 is 0. The number of nitrogens with one attached hydrogen (secondary N) is 1. The molecule has 2 N–H and O–H groups in total. The third kappa shape index (κ3) is 2.41. The highest BCUT2D eigenvalue weighted by Gasteiger charge is 2.35. The summed E-state index contributed by atoms with van der Waals surface area (Å²) in [6.45, 7) is 0.762. The van der Waals surface area contributed by atoms with E-state index in [9.17, 15) is 9.59 Å². The molecule has 1 unspecified atom stereocenters. The number of carboxylic acids is 1. The van der Waals surface area contributed by atoms with E-state index >= 15 is 0 Å². The van der Waals surface area contributed by atoms with Gasteiger partial charge in [-0.1, -0.05) is 0 Å². The van der Waals surface area contributed by atoms with Gasteiger partial charge in [0.15, 0.2) is 0 Å². The van der Waals surface area contributed by atoms with Gasteiger partial charge in [-0.05, 0) is 12.8 Å². The molecule has 0 aromatic carbocycles. The minimum Gasteiger partial charge on any atom is -0.480 e. The molecule has 0 radical (unpaired) electrons. The molecule has 0 spiro atoms. The molecule has 1 aliphatic heterocycles. The number of aliphatic carboxylic acids is 1. The van der Waals surface area contributed by atoms with E-state index in [4.69, 9.17) is 5.11 Å². The van der Waals surface area contributed by atoms with E-state index in [2.05, 4.69) is 15.2 Å². The van der Waals surface area contributed by atoms with E-state index in [0.717, 1.165) is 6.42 Å². The molecule has 1 aliphatic rings. The second-order valence-corrected chi connectivity index (χ2v) is 4.26. The number of nitrogens with zero attached hydrogens (tertiary/aromatic N) is 4. The van der Waals surface area contributed by atoms with Crippen LogP contribution in [-0.4, -0.2) is 61.7 Å². The number of H-pyrrole nitrogens is 1. The molecule has 0 aliphatic carbocycles. The molecular formula is C10H15N5O3. The normalized spacial score (nSPS) is 18.9. The lowest BCUT2D eigenvalue weighted by Gasteiger charge is -2.26. The molecular weight excluding hydrogens is 238 g/mol. The maximum absolute atomic E-state index is 12.1. The van der Waals surface area contributed by atoms with Crippen molar-refractivity contribution in [3.63, 3.8) is 0 Å². The van der Waals surface area contributed by atoms with E-state index in [-0.39, 0.29) is 12.6 Å². The van der Waals surface area contributed by atoms with Crippen molar-refractivity contribution in [2.45, 2.75) is 25.4 Å². The summed E-state index contributed by atoms with van der Waals surface area (Å²) in [5, 5.41) is 15.4. The fourth-order valence-corrected chi connectivity index (χ4v) is 2.07. The summed E-state index contributed by atoms with van der Waals surface area (Å²) in [7, 11) is 1.61. The average molecular weight is 253 g/mol. The lowest BCUT2D eigenvalue weighted by Crippen LogP contribution is -2.46. The Hall–Kier alpha value is -2.12. The van der Waals surface area contributed by atoms with Crippen molar-refractivity contribution in [3.8, 4) is 0 Å². The molecule has 8 nitrogen and oxygen atoms in total. The molecule has 98 valence electrons. The number of carbonyl (C=O) groups is 2. The molecule has 8 heteroatoms. The van der Waals surface area contributed by atoms with E-state index in [1.165, 1.54) is 16.1 Å². The molecule has 1 aromatic rings. The first kappa shape index (κ1) is 12.3. The summed E-state index contributed by atoms with van der Waals surface area (Å²) in [5.74, 6) is -0.383. The Bertz CT molecular complexity index is 433. The van der Waals surface area contributed by atoms with Crippen LogP contribution in [0.5, 0.6) is 0 Å². The third-order valence-corrected chi connectivity index (χ3v) is 2.96. The summed E-state index contributed by atoms with van der Waals surface area (Å²) in [6, 6.07) is -1.01. The Kier molecular flexibility index (Phi) is 3.45. The van der Waals surface area contributed by atoms with Crippen LogP contribution >= 0.6 is 0 Å². The fraction of sp³-hybridized carbons (Fsp3) is 0.600. The van der Waals surface area contributed by atoms with Gasteiger partial charge in [0.1, 0.15) is 18.2 Å². The zero-order valence-corrected chi connectivity index (χ0v) is 10.0. The average Bonchev–Trinajstić information content (AvgIpc) is 2.97. The predicted molar refractivity (Wildman–Crippen MR) is 60.6 cm³/mol. The Balaban J connectivity index is 1.99. The van der Waals surface area contributed by atoms with Gasteiger partial charge in [-0.2, -0.15) is 5.10 Å². The number of amides is 2. The third-order valence-electron chi connectivity index (χ3n) is 2.96. The number of rotatable bonds is 3. The summed E-state index contributed by atoms with van der Waals surface area (Å²) in [5.41, 5.74) is 0. The van der Waals surface area contributed by atoms with E-state index in [1.807, 2.05) is 0 Å². The standard InChI is InChI=1S/C10H15N5O3/c1-14(5-8-11-6-12-13-8)10(18)15-4-2-3-7(15)9(16)17/h6-7H,2-5H2,1H3,(H,16,17)(H,11,12,13). The second kappa shape index (κ2) is 5.03. The van der Waals surface area contributed by atoms with Crippen LogP contribution in [0.15, 0.2) is 6.33 Å². The molecule has 0 saturated carbocycles. The van der Waals surface area contributed by atoms with Crippen LogP contribution in [0.1, 0.15) is 18.7 Å². The van der Waals surface area contributed by atoms with Gasteiger partial charge in [0, 0.05) is 13.6 Å². The summed E-state index contributed by atoms with van der Waals surface area (Å²) in [4.78, 5) is 29.9. The lowest BCUT2D eigenvalue weighted by molar-refractivity contribution is -0.141. The molecule has 1 atom stereocenters. The molecule has 1 fully saturated rings. The van der Waals surface area contributed by atoms with Crippen LogP contribution in [0.25, 0.3) is 0 Å². The number of urea groups is 1. The quantitative estimate of drug-likeness (QED) is 0.783. The number of aromatic nitrogens is 3. The number of likely N-dealkylation sites (tertiary alicyclic amines) is 1. The van der Waals surface area contributed by atoms with Gasteiger partial charge in [0.05, 0.1) is 6.54 Å². The van der Waals surface area contributed by atoms with Crippen molar-refractivity contribution in [3.05, 3.63) is 12.2 Å². The molecule has 0 bridgehead atoms. The highest BCUT2D eigenvalue weighted by molar-refractivity contribution is 5.83. The monoisotopic (exact) mass is 253 g/mol. The van der Waals surface area contributed by atoms with Gasteiger partial charge in [0.25, 0.3) is 0 Å². The summed E-state index contributed by atoms with van der Waals surface area (Å²) in [6.07, 6.45) is 2.60. The van der Waals surface area contributed by atoms with Gasteiger partial charge >= 0.3 is 12.0 Å². The number of hydrogen-bond donors (Lipinski definition) is 2. The minimum atomic E-state index is -0.950. The largest absolute Gasteiger partial charge is 0.480 e. The zero-order chi connectivity index (χ0) is 13.1. The fourth-order valence-electron chi connectivity index (χ4n) is 2.07. The zero-order valence-electron chi connectivity index (χ0n) is 10.0. The van der Waals surface area contributed by atoms with Gasteiger partial charge in [-0.25, -0.2) is 14.6 Å².